The molecule has 0 saturated heterocycles. The van der Waals surface area contributed by atoms with Crippen LogP contribution in [-0.2, 0) is 22.0 Å². The Morgan fingerprint density at radius 1 is 0.577 bits per heavy atom. The van der Waals surface area contributed by atoms with E-state index in [-0.39, 0.29) is 24.6 Å². The summed E-state index contributed by atoms with van der Waals surface area (Å²) < 4.78 is 24.5. The van der Waals surface area contributed by atoms with E-state index in [2.05, 4.69) is 0 Å². The number of benzene rings is 2. The van der Waals surface area contributed by atoms with Gasteiger partial charge >= 0.3 is 0 Å². The highest BCUT2D eigenvalue weighted by molar-refractivity contribution is 7.58. The fourth-order valence-electron chi connectivity index (χ4n) is 2.84. The van der Waals surface area contributed by atoms with Gasteiger partial charge in [-0.3, -0.25) is 9.13 Å². The van der Waals surface area contributed by atoms with Crippen LogP contribution in [-0.4, -0.2) is 34.4 Å². The summed E-state index contributed by atoms with van der Waals surface area (Å²) in [6, 6.07) is 19.3. The van der Waals surface area contributed by atoms with Crippen LogP contribution in [0.3, 0.4) is 0 Å². The van der Waals surface area contributed by atoms with Crippen molar-refractivity contribution in [2.45, 2.75) is 25.7 Å². The monoisotopic (exact) mass is 394 g/mol. The van der Waals surface area contributed by atoms with Crippen LogP contribution in [0.1, 0.15) is 24.0 Å². The molecule has 0 spiro atoms. The minimum atomic E-state index is -3.17. The summed E-state index contributed by atoms with van der Waals surface area (Å²) in [5.74, 6) is 0. The fourth-order valence-corrected chi connectivity index (χ4v) is 5.94. The van der Waals surface area contributed by atoms with E-state index >= 15 is 0 Å². The third kappa shape index (κ3) is 8.47. The molecule has 26 heavy (non-hydrogen) atoms. The zero-order valence-electron chi connectivity index (χ0n) is 15.0. The number of hydrogen-bond donors (Lipinski definition) is 2. The lowest BCUT2D eigenvalue weighted by Crippen LogP contribution is -2.02. The molecule has 2 aromatic carbocycles. The van der Waals surface area contributed by atoms with Gasteiger partial charge < -0.3 is 9.79 Å². The molecule has 2 unspecified atom stereocenters. The number of aryl methyl sites for hydroxylation is 2. The van der Waals surface area contributed by atoms with E-state index in [1.54, 1.807) is 0 Å². The first-order chi connectivity index (χ1) is 12.4. The van der Waals surface area contributed by atoms with Gasteiger partial charge in [0.15, 0.2) is 0 Å². The number of hydrogen-bond acceptors (Lipinski definition) is 2. The molecule has 0 heterocycles. The lowest BCUT2D eigenvalue weighted by Gasteiger charge is -2.14. The van der Waals surface area contributed by atoms with Gasteiger partial charge in [-0.25, -0.2) is 0 Å². The molecule has 2 rings (SSSR count). The van der Waals surface area contributed by atoms with E-state index in [0.717, 1.165) is 11.1 Å². The predicted molar refractivity (Wildman–Crippen MR) is 109 cm³/mol. The maximum absolute atomic E-state index is 12.2. The Kier molecular flexibility index (Phi) is 8.31. The van der Waals surface area contributed by atoms with E-state index in [0.29, 0.717) is 25.7 Å². The highest BCUT2D eigenvalue weighted by Crippen LogP contribution is 2.45. The second-order valence-electron chi connectivity index (χ2n) is 6.77. The standard InChI is InChI=1S/C20H28O4P2/c21-25(22,17-13-19-9-3-1-4-10-19)15-7-8-16-26(23,24)18-14-20-11-5-2-6-12-20/h1-6,9-12H,7-8,13-18H2,(H,21,22)(H,23,24). The third-order valence-corrected chi connectivity index (χ3v) is 8.33. The lowest BCUT2D eigenvalue weighted by molar-refractivity contribution is 0.468. The average Bonchev–Trinajstić information content (AvgIpc) is 2.64. The molecule has 2 aromatic rings. The van der Waals surface area contributed by atoms with Crippen LogP contribution in [0.4, 0.5) is 0 Å². The van der Waals surface area contributed by atoms with Crippen molar-refractivity contribution >= 4 is 14.7 Å². The second kappa shape index (κ2) is 10.2. The molecule has 0 aliphatic rings. The summed E-state index contributed by atoms with van der Waals surface area (Å²) in [6.45, 7) is 0. The maximum atomic E-state index is 12.2. The second-order valence-corrected chi connectivity index (χ2v) is 11.9. The van der Waals surface area contributed by atoms with Crippen molar-refractivity contribution in [3.05, 3.63) is 71.8 Å². The summed E-state index contributed by atoms with van der Waals surface area (Å²) in [6.07, 6.45) is 3.17. The summed E-state index contributed by atoms with van der Waals surface area (Å²) in [5, 5.41) is 0. The van der Waals surface area contributed by atoms with Crippen molar-refractivity contribution in [3.63, 3.8) is 0 Å². The first kappa shape index (κ1) is 21.1. The minimum absolute atomic E-state index is 0.221. The quantitative estimate of drug-likeness (QED) is 0.424. The lowest BCUT2D eigenvalue weighted by atomic mass is 10.2. The van der Waals surface area contributed by atoms with Crippen molar-refractivity contribution < 1.29 is 18.9 Å². The molecular weight excluding hydrogens is 366 g/mol. The zero-order chi connectivity index (χ0) is 18.9. The van der Waals surface area contributed by atoms with Gasteiger partial charge in [0.25, 0.3) is 0 Å². The van der Waals surface area contributed by atoms with Crippen LogP contribution in [0.15, 0.2) is 60.7 Å². The normalized spacial score (nSPS) is 15.9. The van der Waals surface area contributed by atoms with E-state index in [4.69, 9.17) is 0 Å². The average molecular weight is 394 g/mol. The van der Waals surface area contributed by atoms with Crippen LogP contribution in [0.25, 0.3) is 0 Å². The molecule has 0 amide bonds. The van der Waals surface area contributed by atoms with Crippen molar-refractivity contribution in [1.29, 1.82) is 0 Å². The Hall–Kier alpha value is -1.18. The van der Waals surface area contributed by atoms with E-state index < -0.39 is 14.7 Å². The summed E-state index contributed by atoms with van der Waals surface area (Å²) >= 11 is 0. The maximum Gasteiger partial charge on any atom is 0.200 e. The fraction of sp³-hybridized carbons (Fsp3) is 0.400. The molecule has 2 N–H and O–H groups in total. The van der Waals surface area contributed by atoms with Crippen molar-refractivity contribution in [3.8, 4) is 0 Å². The third-order valence-electron chi connectivity index (χ3n) is 4.45. The molecule has 0 fully saturated rings. The summed E-state index contributed by atoms with van der Waals surface area (Å²) in [4.78, 5) is 20.2. The SMILES string of the molecule is O=P(O)(CCCCP(=O)(O)CCc1ccccc1)CCc1ccccc1. The van der Waals surface area contributed by atoms with Crippen molar-refractivity contribution in [2.24, 2.45) is 0 Å². The van der Waals surface area contributed by atoms with Gasteiger partial charge in [0.2, 0.25) is 14.7 Å². The molecule has 6 heteroatoms. The molecule has 4 nitrogen and oxygen atoms in total. The molecule has 142 valence electrons. The van der Waals surface area contributed by atoms with Crippen LogP contribution in [0, 0.1) is 0 Å². The van der Waals surface area contributed by atoms with Gasteiger partial charge in [0, 0.05) is 24.6 Å². The Morgan fingerprint density at radius 3 is 1.27 bits per heavy atom. The first-order valence-electron chi connectivity index (χ1n) is 9.06. The zero-order valence-corrected chi connectivity index (χ0v) is 16.8. The molecule has 0 saturated carbocycles. The largest absolute Gasteiger partial charge is 0.344 e. The summed E-state index contributed by atoms with van der Waals surface area (Å²) in [7, 11) is -6.35. The number of rotatable bonds is 11. The highest BCUT2D eigenvalue weighted by atomic mass is 31.2. The van der Waals surface area contributed by atoms with Gasteiger partial charge in [-0.1, -0.05) is 60.7 Å². The van der Waals surface area contributed by atoms with Gasteiger partial charge in [-0.2, -0.15) is 0 Å². The molecule has 2 atom stereocenters. The topological polar surface area (TPSA) is 74.6 Å². The molecule has 0 aromatic heterocycles. The van der Waals surface area contributed by atoms with Gasteiger partial charge in [0.05, 0.1) is 0 Å². The van der Waals surface area contributed by atoms with Crippen LogP contribution >= 0.6 is 14.7 Å². The Bertz CT molecular complexity index is 681. The van der Waals surface area contributed by atoms with Gasteiger partial charge in [-0.05, 0) is 36.8 Å². The van der Waals surface area contributed by atoms with Crippen molar-refractivity contribution in [2.75, 3.05) is 24.6 Å². The van der Waals surface area contributed by atoms with Crippen molar-refractivity contribution in [1.82, 2.24) is 0 Å². The molecule has 0 radical (unpaired) electrons. The van der Waals surface area contributed by atoms with Gasteiger partial charge in [-0.15, -0.1) is 0 Å². The molecule has 0 aliphatic carbocycles. The molecule has 0 bridgehead atoms. The van der Waals surface area contributed by atoms with E-state index in [9.17, 15) is 18.9 Å². The van der Waals surface area contributed by atoms with E-state index in [1.165, 1.54) is 0 Å². The Morgan fingerprint density at radius 2 is 0.923 bits per heavy atom. The Balaban J connectivity index is 1.66. The van der Waals surface area contributed by atoms with Crippen LogP contribution in [0.5, 0.6) is 0 Å². The first-order valence-corrected chi connectivity index (χ1v) is 13.1. The smallest absolute Gasteiger partial charge is 0.200 e. The van der Waals surface area contributed by atoms with E-state index in [1.807, 2.05) is 60.7 Å². The summed E-state index contributed by atoms with van der Waals surface area (Å²) in [5.41, 5.74) is 2.12. The number of unbranched alkanes of at least 4 members (excludes halogenated alkanes) is 1. The van der Waals surface area contributed by atoms with Crippen LogP contribution < -0.4 is 0 Å². The minimum Gasteiger partial charge on any atom is -0.344 e. The van der Waals surface area contributed by atoms with Crippen LogP contribution in [0.2, 0.25) is 0 Å². The molecule has 0 aliphatic heterocycles. The predicted octanol–water partition coefficient (Wildman–Crippen LogP) is 4.79. The Labute approximate surface area is 156 Å². The van der Waals surface area contributed by atoms with Gasteiger partial charge in [0.1, 0.15) is 0 Å². The highest BCUT2D eigenvalue weighted by Gasteiger charge is 2.20. The molecular formula is C20H28O4P2.